The Morgan fingerprint density at radius 2 is 1.78 bits per heavy atom. The van der Waals surface area contributed by atoms with E-state index in [0.29, 0.717) is 5.69 Å². The molecule has 1 rings (SSSR count). The number of aromatic nitrogens is 2. The van der Waals surface area contributed by atoms with Crippen LogP contribution < -0.4 is 0 Å². The zero-order valence-electron chi connectivity index (χ0n) is 11.8. The quantitative estimate of drug-likeness (QED) is 0.697. The molecule has 4 nitrogen and oxygen atoms in total. The third-order valence-electron chi connectivity index (χ3n) is 3.76. The van der Waals surface area contributed by atoms with Crippen molar-refractivity contribution in [1.29, 1.82) is 0 Å². The lowest BCUT2D eigenvalue weighted by atomic mass is 9.84. The maximum absolute atomic E-state index is 12.7. The van der Waals surface area contributed by atoms with E-state index in [1.54, 1.807) is 18.6 Å². The van der Waals surface area contributed by atoms with Gasteiger partial charge in [-0.15, -0.1) is 0 Å². The van der Waals surface area contributed by atoms with Crippen LogP contribution in [0.25, 0.3) is 0 Å². The van der Waals surface area contributed by atoms with E-state index in [9.17, 15) is 4.79 Å². The molecular weight excluding hydrogens is 226 g/mol. The average molecular weight is 249 g/mol. The summed E-state index contributed by atoms with van der Waals surface area (Å²) in [5, 5.41) is 0. The minimum absolute atomic E-state index is 0.0873. The van der Waals surface area contributed by atoms with Crippen LogP contribution in [0, 0.1) is 0 Å². The second-order valence-electron chi connectivity index (χ2n) is 4.33. The van der Waals surface area contributed by atoms with Crippen molar-refractivity contribution in [3.05, 3.63) is 24.3 Å². The second kappa shape index (κ2) is 6.59. The molecule has 1 aromatic rings. The van der Waals surface area contributed by atoms with E-state index >= 15 is 0 Å². The summed E-state index contributed by atoms with van der Waals surface area (Å²) in [5.74, 6) is 0.0873. The van der Waals surface area contributed by atoms with Crippen LogP contribution in [0.1, 0.15) is 51.0 Å². The smallest absolute Gasteiger partial charge is 0.202 e. The lowest BCUT2D eigenvalue weighted by Crippen LogP contribution is -2.54. The first-order chi connectivity index (χ1) is 8.66. The topological polar surface area (TPSA) is 46.1 Å². The Balaban J connectivity index is 3.16. The van der Waals surface area contributed by atoms with Crippen LogP contribution in [0.3, 0.4) is 0 Å². The fourth-order valence-electron chi connectivity index (χ4n) is 2.65. The Morgan fingerprint density at radius 3 is 2.17 bits per heavy atom. The summed E-state index contributed by atoms with van der Waals surface area (Å²) in [6.45, 7) is 10.0. The van der Waals surface area contributed by atoms with Gasteiger partial charge in [0.05, 0.1) is 11.7 Å². The highest BCUT2D eigenvalue weighted by Gasteiger charge is 2.40. The van der Waals surface area contributed by atoms with Gasteiger partial charge >= 0.3 is 0 Å². The summed E-state index contributed by atoms with van der Waals surface area (Å²) >= 11 is 0. The third kappa shape index (κ3) is 2.58. The number of hydrogen-bond donors (Lipinski definition) is 0. The first-order valence-electron chi connectivity index (χ1n) is 6.72. The van der Waals surface area contributed by atoms with Gasteiger partial charge in [-0.25, -0.2) is 4.98 Å². The van der Waals surface area contributed by atoms with Gasteiger partial charge in [0.25, 0.3) is 0 Å². The summed E-state index contributed by atoms with van der Waals surface area (Å²) in [7, 11) is 0. The van der Waals surface area contributed by atoms with Crippen molar-refractivity contribution in [2.45, 2.75) is 46.1 Å². The fourth-order valence-corrected chi connectivity index (χ4v) is 2.65. The highest BCUT2D eigenvalue weighted by atomic mass is 16.1. The molecule has 0 aromatic carbocycles. The molecule has 0 saturated heterocycles. The Bertz CT molecular complexity index is 370. The molecule has 0 atom stereocenters. The molecule has 18 heavy (non-hydrogen) atoms. The lowest BCUT2D eigenvalue weighted by molar-refractivity contribution is 0.0529. The first-order valence-corrected chi connectivity index (χ1v) is 6.72. The molecule has 1 aromatic heterocycles. The van der Waals surface area contributed by atoms with Crippen molar-refractivity contribution < 1.29 is 4.79 Å². The highest BCUT2D eigenvalue weighted by molar-refractivity contribution is 6.01. The van der Waals surface area contributed by atoms with E-state index in [1.807, 2.05) is 0 Å². The second-order valence-corrected chi connectivity index (χ2v) is 4.33. The molecule has 0 saturated carbocycles. The summed E-state index contributed by atoms with van der Waals surface area (Å²) in [4.78, 5) is 23.1. The molecule has 0 N–H and O–H groups in total. The molecular formula is C14H23N3O. The Kier molecular flexibility index (Phi) is 5.41. The zero-order valence-corrected chi connectivity index (χ0v) is 11.8. The van der Waals surface area contributed by atoms with Crippen LogP contribution in [0.2, 0.25) is 0 Å². The van der Waals surface area contributed by atoms with Gasteiger partial charge in [0.1, 0.15) is 5.69 Å². The summed E-state index contributed by atoms with van der Waals surface area (Å²) < 4.78 is 0. The standard InChI is InChI=1S/C14H23N3O/c1-5-14(6-2,17(7-3)8-4)13(18)12-11-15-9-10-16-12/h9-11H,5-8H2,1-4H3. The maximum Gasteiger partial charge on any atom is 0.202 e. The number of rotatable bonds is 7. The largest absolute Gasteiger partial charge is 0.291 e. The van der Waals surface area contributed by atoms with Crippen molar-refractivity contribution in [3.8, 4) is 0 Å². The Hall–Kier alpha value is -1.29. The van der Waals surface area contributed by atoms with Crippen LogP contribution in [0.4, 0.5) is 0 Å². The monoisotopic (exact) mass is 249 g/mol. The number of carbonyl (C=O) groups is 1. The maximum atomic E-state index is 12.7. The molecule has 0 radical (unpaired) electrons. The molecule has 0 fully saturated rings. The zero-order chi connectivity index (χ0) is 13.6. The van der Waals surface area contributed by atoms with Crippen molar-refractivity contribution in [2.75, 3.05) is 13.1 Å². The molecule has 0 aliphatic heterocycles. The highest BCUT2D eigenvalue weighted by Crippen LogP contribution is 2.27. The molecule has 0 aliphatic carbocycles. The molecule has 0 aliphatic rings. The Labute approximate surface area is 109 Å². The fraction of sp³-hybridized carbons (Fsp3) is 0.643. The van der Waals surface area contributed by atoms with E-state index in [1.165, 1.54) is 0 Å². The van der Waals surface area contributed by atoms with Crippen LogP contribution in [-0.2, 0) is 0 Å². The van der Waals surface area contributed by atoms with Crippen molar-refractivity contribution in [2.24, 2.45) is 0 Å². The van der Waals surface area contributed by atoms with Gasteiger partial charge in [-0.3, -0.25) is 14.7 Å². The van der Waals surface area contributed by atoms with Gasteiger partial charge in [-0.1, -0.05) is 27.7 Å². The number of ketones is 1. The van der Waals surface area contributed by atoms with Gasteiger partial charge in [-0.05, 0) is 25.9 Å². The summed E-state index contributed by atoms with van der Waals surface area (Å²) in [6.07, 6.45) is 6.31. The van der Waals surface area contributed by atoms with Gasteiger partial charge < -0.3 is 0 Å². The predicted octanol–water partition coefficient (Wildman–Crippen LogP) is 2.56. The predicted molar refractivity (Wildman–Crippen MR) is 72.6 cm³/mol. The van der Waals surface area contributed by atoms with E-state index in [4.69, 9.17) is 0 Å². The van der Waals surface area contributed by atoms with Gasteiger partial charge in [0.2, 0.25) is 5.78 Å². The minimum atomic E-state index is -0.445. The van der Waals surface area contributed by atoms with Gasteiger partial charge in [0.15, 0.2) is 0 Å². The van der Waals surface area contributed by atoms with E-state index in [2.05, 4.69) is 42.6 Å². The van der Waals surface area contributed by atoms with Crippen molar-refractivity contribution in [3.63, 3.8) is 0 Å². The number of nitrogens with zero attached hydrogens (tertiary/aromatic N) is 3. The number of hydrogen-bond acceptors (Lipinski definition) is 4. The number of likely N-dealkylation sites (N-methyl/N-ethyl adjacent to an activating group) is 1. The van der Waals surface area contributed by atoms with Crippen LogP contribution in [0.15, 0.2) is 18.6 Å². The van der Waals surface area contributed by atoms with E-state index < -0.39 is 5.54 Å². The van der Waals surface area contributed by atoms with Crippen molar-refractivity contribution >= 4 is 5.78 Å². The van der Waals surface area contributed by atoms with Crippen LogP contribution >= 0.6 is 0 Å². The molecule has 1 heterocycles. The van der Waals surface area contributed by atoms with Gasteiger partial charge in [-0.2, -0.15) is 0 Å². The normalized spacial score (nSPS) is 11.8. The molecule has 0 unspecified atom stereocenters. The van der Waals surface area contributed by atoms with Crippen LogP contribution in [-0.4, -0.2) is 39.3 Å². The molecule has 4 heteroatoms. The van der Waals surface area contributed by atoms with E-state index in [-0.39, 0.29) is 5.78 Å². The molecule has 0 spiro atoms. The van der Waals surface area contributed by atoms with E-state index in [0.717, 1.165) is 25.9 Å². The summed E-state index contributed by atoms with van der Waals surface area (Å²) in [6, 6.07) is 0. The molecule has 0 amide bonds. The first kappa shape index (κ1) is 14.8. The lowest BCUT2D eigenvalue weighted by Gasteiger charge is -2.40. The molecule has 0 bridgehead atoms. The van der Waals surface area contributed by atoms with Crippen LogP contribution in [0.5, 0.6) is 0 Å². The minimum Gasteiger partial charge on any atom is -0.291 e. The summed E-state index contributed by atoms with van der Waals surface area (Å²) in [5.41, 5.74) is 0.0209. The number of Topliss-reactive ketones (excluding diaryl/α,β-unsaturated/α-hetero) is 1. The molecule has 100 valence electrons. The SMILES string of the molecule is CCN(CC)C(CC)(CC)C(=O)c1cnccn1. The number of carbonyl (C=O) groups excluding carboxylic acids is 1. The third-order valence-corrected chi connectivity index (χ3v) is 3.76. The van der Waals surface area contributed by atoms with Crippen molar-refractivity contribution in [1.82, 2.24) is 14.9 Å². The van der Waals surface area contributed by atoms with Gasteiger partial charge in [0, 0.05) is 12.4 Å². The Morgan fingerprint density at radius 1 is 1.17 bits per heavy atom. The average Bonchev–Trinajstić information content (AvgIpc) is 2.45.